The average molecular weight is 233 g/mol. The molecule has 1 fully saturated rings. The standard InChI is InChI=1S/C12H19N5/c13-10-2-1-9(5-10)6-15-12-3-4-16-17(12)11-7-14-8-11/h1,3-4,10-11,14-15H,2,5-8,13H2. The lowest BCUT2D eigenvalue weighted by Gasteiger charge is -2.29. The maximum absolute atomic E-state index is 5.88. The van der Waals surface area contributed by atoms with Gasteiger partial charge in [-0.1, -0.05) is 11.6 Å². The summed E-state index contributed by atoms with van der Waals surface area (Å²) < 4.78 is 2.08. The molecule has 1 saturated heterocycles. The van der Waals surface area contributed by atoms with Gasteiger partial charge in [-0.15, -0.1) is 0 Å². The Bertz CT molecular complexity index is 418. The molecule has 1 aromatic rings. The second-order valence-electron chi connectivity index (χ2n) is 4.89. The van der Waals surface area contributed by atoms with Gasteiger partial charge in [0.2, 0.25) is 0 Å². The van der Waals surface area contributed by atoms with Gasteiger partial charge in [-0.25, -0.2) is 4.68 Å². The summed E-state index contributed by atoms with van der Waals surface area (Å²) in [6, 6.07) is 2.87. The molecule has 1 atom stereocenters. The second kappa shape index (κ2) is 4.50. The third kappa shape index (κ3) is 2.21. The van der Waals surface area contributed by atoms with Crippen molar-refractivity contribution in [3.8, 4) is 0 Å². The van der Waals surface area contributed by atoms with Crippen LogP contribution in [0.3, 0.4) is 0 Å². The van der Waals surface area contributed by atoms with E-state index in [9.17, 15) is 0 Å². The van der Waals surface area contributed by atoms with Crippen LogP contribution in [0.1, 0.15) is 18.9 Å². The molecular formula is C12H19N5. The number of hydrogen-bond acceptors (Lipinski definition) is 4. The van der Waals surface area contributed by atoms with Crippen LogP contribution in [0, 0.1) is 0 Å². The fourth-order valence-corrected chi connectivity index (χ4v) is 2.36. The van der Waals surface area contributed by atoms with Crippen molar-refractivity contribution in [1.29, 1.82) is 0 Å². The van der Waals surface area contributed by atoms with Gasteiger partial charge in [0, 0.05) is 31.7 Å². The van der Waals surface area contributed by atoms with Crippen molar-refractivity contribution >= 4 is 5.82 Å². The molecule has 2 heterocycles. The van der Waals surface area contributed by atoms with Crippen LogP contribution in [0.25, 0.3) is 0 Å². The number of nitrogens with two attached hydrogens (primary N) is 1. The number of aromatic nitrogens is 2. The fourth-order valence-electron chi connectivity index (χ4n) is 2.36. The smallest absolute Gasteiger partial charge is 0.124 e. The minimum Gasteiger partial charge on any atom is -0.367 e. The number of anilines is 1. The van der Waals surface area contributed by atoms with E-state index in [1.165, 1.54) is 5.57 Å². The van der Waals surface area contributed by atoms with Crippen LogP contribution in [0.15, 0.2) is 23.9 Å². The molecule has 5 heteroatoms. The third-order valence-electron chi connectivity index (χ3n) is 3.51. The van der Waals surface area contributed by atoms with E-state index in [4.69, 9.17) is 5.73 Å². The fraction of sp³-hybridized carbons (Fsp3) is 0.583. The van der Waals surface area contributed by atoms with Crippen LogP contribution in [0.2, 0.25) is 0 Å². The van der Waals surface area contributed by atoms with Gasteiger partial charge >= 0.3 is 0 Å². The van der Waals surface area contributed by atoms with Crippen LogP contribution in [-0.2, 0) is 0 Å². The van der Waals surface area contributed by atoms with Crippen molar-refractivity contribution in [2.75, 3.05) is 25.0 Å². The molecule has 2 aliphatic rings. The summed E-state index contributed by atoms with van der Waals surface area (Å²) in [6.07, 6.45) is 6.15. The monoisotopic (exact) mass is 233 g/mol. The van der Waals surface area contributed by atoms with Crippen LogP contribution >= 0.6 is 0 Å². The number of hydrogen-bond donors (Lipinski definition) is 3. The predicted octanol–water partition coefficient (Wildman–Crippen LogP) is 0.487. The van der Waals surface area contributed by atoms with E-state index in [1.807, 2.05) is 12.3 Å². The van der Waals surface area contributed by atoms with Crippen LogP contribution in [-0.4, -0.2) is 35.5 Å². The SMILES string of the molecule is NC1CC=C(CNc2ccnn2C2CNC2)C1. The summed E-state index contributed by atoms with van der Waals surface area (Å²) in [4.78, 5) is 0. The van der Waals surface area contributed by atoms with Crippen molar-refractivity contribution in [1.82, 2.24) is 15.1 Å². The lowest BCUT2D eigenvalue weighted by molar-refractivity contribution is 0.321. The van der Waals surface area contributed by atoms with Gasteiger partial charge in [0.1, 0.15) is 5.82 Å². The van der Waals surface area contributed by atoms with Crippen LogP contribution in [0.4, 0.5) is 5.82 Å². The molecule has 92 valence electrons. The molecule has 17 heavy (non-hydrogen) atoms. The lowest BCUT2D eigenvalue weighted by atomic mass is 10.2. The van der Waals surface area contributed by atoms with Gasteiger partial charge < -0.3 is 16.4 Å². The normalized spacial score (nSPS) is 24.5. The summed E-state index contributed by atoms with van der Waals surface area (Å²) >= 11 is 0. The van der Waals surface area contributed by atoms with Gasteiger partial charge in [0.15, 0.2) is 0 Å². The Labute approximate surface area is 101 Å². The first-order chi connectivity index (χ1) is 8.33. The Morgan fingerprint density at radius 2 is 2.41 bits per heavy atom. The van der Waals surface area contributed by atoms with Gasteiger partial charge in [0.05, 0.1) is 12.2 Å². The molecule has 4 N–H and O–H groups in total. The molecule has 1 unspecified atom stereocenters. The molecule has 0 saturated carbocycles. The number of rotatable bonds is 4. The van der Waals surface area contributed by atoms with Gasteiger partial charge in [0.25, 0.3) is 0 Å². The topological polar surface area (TPSA) is 67.9 Å². The zero-order chi connectivity index (χ0) is 11.7. The highest BCUT2D eigenvalue weighted by atomic mass is 15.4. The highest BCUT2D eigenvalue weighted by Crippen LogP contribution is 2.20. The molecule has 5 nitrogen and oxygen atoms in total. The molecule has 1 aliphatic carbocycles. The zero-order valence-corrected chi connectivity index (χ0v) is 9.89. The van der Waals surface area contributed by atoms with Gasteiger partial charge in [-0.05, 0) is 12.8 Å². The van der Waals surface area contributed by atoms with Crippen molar-refractivity contribution in [2.24, 2.45) is 5.73 Å². The molecule has 0 radical (unpaired) electrons. The van der Waals surface area contributed by atoms with E-state index in [2.05, 4.69) is 26.5 Å². The van der Waals surface area contributed by atoms with Gasteiger partial charge in [-0.3, -0.25) is 0 Å². The Morgan fingerprint density at radius 3 is 3.06 bits per heavy atom. The highest BCUT2D eigenvalue weighted by molar-refractivity contribution is 5.37. The first-order valence-corrected chi connectivity index (χ1v) is 6.24. The molecule has 0 spiro atoms. The first kappa shape index (κ1) is 10.8. The molecular weight excluding hydrogens is 214 g/mol. The highest BCUT2D eigenvalue weighted by Gasteiger charge is 2.21. The predicted molar refractivity (Wildman–Crippen MR) is 67.9 cm³/mol. The van der Waals surface area contributed by atoms with E-state index in [-0.39, 0.29) is 0 Å². The Kier molecular flexibility index (Phi) is 2.86. The lowest BCUT2D eigenvalue weighted by Crippen LogP contribution is -2.44. The molecule has 3 rings (SSSR count). The summed E-state index contributed by atoms with van der Waals surface area (Å²) in [5.41, 5.74) is 7.29. The van der Waals surface area contributed by atoms with Crippen molar-refractivity contribution in [3.63, 3.8) is 0 Å². The Morgan fingerprint density at radius 1 is 1.53 bits per heavy atom. The molecule has 1 aliphatic heterocycles. The molecule has 1 aromatic heterocycles. The minimum atomic E-state index is 0.326. The van der Waals surface area contributed by atoms with Crippen LogP contribution < -0.4 is 16.4 Å². The summed E-state index contributed by atoms with van der Waals surface area (Å²) in [5, 5.41) is 11.1. The van der Waals surface area contributed by atoms with Gasteiger partial charge in [-0.2, -0.15) is 5.10 Å². The van der Waals surface area contributed by atoms with E-state index < -0.39 is 0 Å². The third-order valence-corrected chi connectivity index (χ3v) is 3.51. The Balaban J connectivity index is 1.59. The summed E-state index contributed by atoms with van der Waals surface area (Å²) in [5.74, 6) is 1.11. The van der Waals surface area contributed by atoms with E-state index in [1.54, 1.807) is 0 Å². The van der Waals surface area contributed by atoms with E-state index in [0.29, 0.717) is 12.1 Å². The number of nitrogens with one attached hydrogen (secondary N) is 2. The van der Waals surface area contributed by atoms with E-state index in [0.717, 1.165) is 38.3 Å². The summed E-state index contributed by atoms with van der Waals surface area (Å²) in [6.45, 7) is 2.92. The minimum absolute atomic E-state index is 0.326. The largest absolute Gasteiger partial charge is 0.367 e. The van der Waals surface area contributed by atoms with Crippen molar-refractivity contribution in [2.45, 2.75) is 24.9 Å². The van der Waals surface area contributed by atoms with E-state index >= 15 is 0 Å². The zero-order valence-electron chi connectivity index (χ0n) is 9.89. The molecule has 0 amide bonds. The number of nitrogens with zero attached hydrogens (tertiary/aromatic N) is 2. The second-order valence-corrected chi connectivity index (χ2v) is 4.89. The maximum Gasteiger partial charge on any atom is 0.124 e. The summed E-state index contributed by atoms with van der Waals surface area (Å²) in [7, 11) is 0. The first-order valence-electron chi connectivity index (χ1n) is 6.24. The Hall–Kier alpha value is -1.33. The quantitative estimate of drug-likeness (QED) is 0.662. The molecule has 0 aromatic carbocycles. The maximum atomic E-state index is 5.88. The average Bonchev–Trinajstić information content (AvgIpc) is 2.82. The van der Waals surface area contributed by atoms with Crippen molar-refractivity contribution < 1.29 is 0 Å². The molecule has 0 bridgehead atoms. The van der Waals surface area contributed by atoms with Crippen molar-refractivity contribution in [3.05, 3.63) is 23.9 Å². The van der Waals surface area contributed by atoms with Crippen LogP contribution in [0.5, 0.6) is 0 Å².